The van der Waals surface area contributed by atoms with Gasteiger partial charge in [0.1, 0.15) is 12.3 Å². The van der Waals surface area contributed by atoms with Gasteiger partial charge < -0.3 is 14.3 Å². The lowest BCUT2D eigenvalue weighted by molar-refractivity contribution is 0.419. The number of hydrogen-bond donors (Lipinski definition) is 1. The molecule has 5 nitrogen and oxygen atoms in total. The molecule has 0 amide bonds. The molecule has 0 aliphatic carbocycles. The van der Waals surface area contributed by atoms with E-state index in [4.69, 9.17) is 4.42 Å². The lowest BCUT2D eigenvalue weighted by Gasteiger charge is -2.23. The summed E-state index contributed by atoms with van der Waals surface area (Å²) in [4.78, 5) is 8.61. The average molecular weight is 260 g/mol. The molecule has 2 aromatic heterocycles. The molecule has 3 rings (SSSR count). The maximum atomic E-state index is 5.68. The monoisotopic (exact) mass is 260 g/mol. The molecule has 1 N–H and O–H groups in total. The van der Waals surface area contributed by atoms with Crippen molar-refractivity contribution < 1.29 is 4.42 Å². The highest BCUT2D eigenvalue weighted by atomic mass is 16.4. The fourth-order valence-electron chi connectivity index (χ4n) is 2.65. The Bertz CT molecular complexity index is 525. The zero-order chi connectivity index (χ0) is 13.1. The quantitative estimate of drug-likeness (QED) is 0.913. The molecule has 1 aliphatic rings. The molecule has 2 aromatic rings. The highest BCUT2D eigenvalue weighted by Gasteiger charge is 2.19. The minimum absolute atomic E-state index is 0.601. The molecule has 0 unspecified atom stereocenters. The van der Waals surface area contributed by atoms with Gasteiger partial charge in [-0.1, -0.05) is 6.92 Å². The van der Waals surface area contributed by atoms with E-state index < -0.39 is 0 Å². The van der Waals surface area contributed by atoms with Crippen molar-refractivity contribution in [2.75, 3.05) is 13.1 Å². The molecule has 0 saturated carbocycles. The van der Waals surface area contributed by atoms with Crippen molar-refractivity contribution in [3.8, 4) is 0 Å². The number of rotatable bonds is 4. The normalized spacial score (nSPS) is 16.9. The fraction of sp³-hybridized carbons (Fsp3) is 0.571. The van der Waals surface area contributed by atoms with Crippen LogP contribution in [0.3, 0.4) is 0 Å². The van der Waals surface area contributed by atoms with Gasteiger partial charge in [-0.25, -0.2) is 9.97 Å². The molecule has 0 atom stereocenters. The van der Waals surface area contributed by atoms with Crippen LogP contribution in [0.4, 0.5) is 0 Å². The van der Waals surface area contributed by atoms with Gasteiger partial charge in [0, 0.05) is 24.2 Å². The Morgan fingerprint density at radius 1 is 1.37 bits per heavy atom. The highest BCUT2D eigenvalue weighted by molar-refractivity contribution is 5.09. The molecule has 3 heterocycles. The van der Waals surface area contributed by atoms with E-state index in [0.29, 0.717) is 12.5 Å². The number of aromatic nitrogens is 3. The SMILES string of the molecule is CCc1cnc(Cn2cncc2C2CCNCC2)o1. The summed E-state index contributed by atoms with van der Waals surface area (Å²) >= 11 is 0. The van der Waals surface area contributed by atoms with Gasteiger partial charge >= 0.3 is 0 Å². The molecule has 5 heteroatoms. The molecule has 102 valence electrons. The first kappa shape index (κ1) is 12.4. The number of imidazole rings is 1. The van der Waals surface area contributed by atoms with Crippen molar-refractivity contribution in [3.63, 3.8) is 0 Å². The van der Waals surface area contributed by atoms with Gasteiger partial charge in [-0.05, 0) is 25.9 Å². The Morgan fingerprint density at radius 2 is 2.21 bits per heavy atom. The van der Waals surface area contributed by atoms with E-state index in [9.17, 15) is 0 Å². The fourth-order valence-corrected chi connectivity index (χ4v) is 2.65. The Morgan fingerprint density at radius 3 is 2.95 bits per heavy atom. The molecule has 19 heavy (non-hydrogen) atoms. The van der Waals surface area contributed by atoms with E-state index in [2.05, 4.69) is 26.8 Å². The van der Waals surface area contributed by atoms with Crippen LogP contribution in [0.25, 0.3) is 0 Å². The number of aryl methyl sites for hydroxylation is 1. The number of nitrogens with one attached hydrogen (secondary N) is 1. The Kier molecular flexibility index (Phi) is 3.64. The third kappa shape index (κ3) is 2.71. The predicted molar refractivity (Wildman–Crippen MR) is 72.1 cm³/mol. The van der Waals surface area contributed by atoms with Crippen molar-refractivity contribution >= 4 is 0 Å². The largest absolute Gasteiger partial charge is 0.444 e. The minimum atomic E-state index is 0.601. The summed E-state index contributed by atoms with van der Waals surface area (Å²) in [5, 5.41) is 3.40. The van der Waals surface area contributed by atoms with E-state index in [0.717, 1.165) is 31.2 Å². The van der Waals surface area contributed by atoms with E-state index in [1.165, 1.54) is 18.5 Å². The molecular formula is C14H20N4O. The van der Waals surface area contributed by atoms with E-state index >= 15 is 0 Å². The maximum absolute atomic E-state index is 5.68. The van der Waals surface area contributed by atoms with Crippen LogP contribution < -0.4 is 5.32 Å². The van der Waals surface area contributed by atoms with Gasteiger partial charge in [0.25, 0.3) is 0 Å². The third-order valence-corrected chi connectivity index (χ3v) is 3.76. The second-order valence-corrected chi connectivity index (χ2v) is 5.04. The van der Waals surface area contributed by atoms with Crippen molar-refractivity contribution in [3.05, 3.63) is 36.1 Å². The van der Waals surface area contributed by atoms with Crippen molar-refractivity contribution in [2.45, 2.75) is 38.6 Å². The smallest absolute Gasteiger partial charge is 0.214 e. The van der Waals surface area contributed by atoms with Crippen LogP contribution in [0.5, 0.6) is 0 Å². The minimum Gasteiger partial charge on any atom is -0.444 e. The van der Waals surface area contributed by atoms with Gasteiger partial charge in [-0.15, -0.1) is 0 Å². The van der Waals surface area contributed by atoms with Crippen molar-refractivity contribution in [2.24, 2.45) is 0 Å². The first-order chi connectivity index (χ1) is 9.36. The summed E-state index contributed by atoms with van der Waals surface area (Å²) < 4.78 is 7.84. The third-order valence-electron chi connectivity index (χ3n) is 3.76. The lowest BCUT2D eigenvalue weighted by Crippen LogP contribution is -2.27. The summed E-state index contributed by atoms with van der Waals surface area (Å²) in [6, 6.07) is 0. The summed E-state index contributed by atoms with van der Waals surface area (Å²) in [6.45, 7) is 4.94. The molecule has 0 radical (unpaired) electrons. The first-order valence-corrected chi connectivity index (χ1v) is 7.01. The molecule has 0 bridgehead atoms. The van der Waals surface area contributed by atoms with Gasteiger partial charge in [0.2, 0.25) is 5.89 Å². The zero-order valence-electron chi connectivity index (χ0n) is 11.3. The maximum Gasteiger partial charge on any atom is 0.214 e. The Balaban J connectivity index is 1.75. The van der Waals surface area contributed by atoms with Crippen LogP contribution in [0.15, 0.2) is 23.1 Å². The molecule has 1 aliphatic heterocycles. The van der Waals surface area contributed by atoms with Crippen LogP contribution in [0.1, 0.15) is 43.0 Å². The Labute approximate surface area is 113 Å². The molecular weight excluding hydrogens is 240 g/mol. The van der Waals surface area contributed by atoms with Crippen LogP contribution in [-0.4, -0.2) is 27.6 Å². The highest BCUT2D eigenvalue weighted by Crippen LogP contribution is 2.25. The van der Waals surface area contributed by atoms with Crippen molar-refractivity contribution in [1.82, 2.24) is 19.9 Å². The van der Waals surface area contributed by atoms with Crippen LogP contribution in [0.2, 0.25) is 0 Å². The van der Waals surface area contributed by atoms with E-state index in [-0.39, 0.29) is 0 Å². The van der Waals surface area contributed by atoms with Gasteiger partial charge in [0.15, 0.2) is 0 Å². The predicted octanol–water partition coefficient (Wildman–Crippen LogP) is 1.95. The van der Waals surface area contributed by atoms with E-state index in [1.54, 1.807) is 0 Å². The van der Waals surface area contributed by atoms with Crippen molar-refractivity contribution in [1.29, 1.82) is 0 Å². The summed E-state index contributed by atoms with van der Waals surface area (Å²) in [7, 11) is 0. The number of piperidine rings is 1. The van der Waals surface area contributed by atoms with Crippen LogP contribution in [0, 0.1) is 0 Å². The second kappa shape index (κ2) is 5.57. The first-order valence-electron chi connectivity index (χ1n) is 7.01. The molecule has 0 spiro atoms. The summed E-state index contributed by atoms with van der Waals surface area (Å²) in [5.41, 5.74) is 1.30. The Hall–Kier alpha value is -1.62. The number of oxazole rings is 1. The average Bonchev–Trinajstić information content (AvgIpc) is 3.09. The number of hydrogen-bond acceptors (Lipinski definition) is 4. The topological polar surface area (TPSA) is 55.9 Å². The molecule has 1 fully saturated rings. The molecule has 1 saturated heterocycles. The lowest BCUT2D eigenvalue weighted by atomic mass is 9.95. The summed E-state index contributed by atoms with van der Waals surface area (Å²) in [5.74, 6) is 2.31. The van der Waals surface area contributed by atoms with Crippen LogP contribution >= 0.6 is 0 Å². The van der Waals surface area contributed by atoms with Crippen LogP contribution in [-0.2, 0) is 13.0 Å². The second-order valence-electron chi connectivity index (χ2n) is 5.04. The number of nitrogens with zero attached hydrogens (tertiary/aromatic N) is 3. The zero-order valence-corrected chi connectivity index (χ0v) is 11.3. The van der Waals surface area contributed by atoms with E-state index in [1.807, 2.05) is 18.7 Å². The van der Waals surface area contributed by atoms with Gasteiger partial charge in [-0.2, -0.15) is 0 Å². The summed E-state index contributed by atoms with van der Waals surface area (Å²) in [6.07, 6.45) is 8.93. The van der Waals surface area contributed by atoms with Gasteiger partial charge in [0.05, 0.1) is 12.5 Å². The molecule has 0 aromatic carbocycles. The van der Waals surface area contributed by atoms with Gasteiger partial charge in [-0.3, -0.25) is 0 Å². The standard InChI is InChI=1S/C14H20N4O/c1-2-12-7-17-14(19-12)9-18-10-16-8-13(18)11-3-5-15-6-4-11/h7-8,10-11,15H,2-6,9H2,1H3.